The summed E-state index contributed by atoms with van der Waals surface area (Å²) in [5.74, 6) is -0.516. The fourth-order valence-electron chi connectivity index (χ4n) is 3.14. The summed E-state index contributed by atoms with van der Waals surface area (Å²) >= 11 is 0. The molecule has 0 bridgehead atoms. The summed E-state index contributed by atoms with van der Waals surface area (Å²) in [7, 11) is 0. The molecular formula is C16H24N2O3. The van der Waals surface area contributed by atoms with E-state index in [-0.39, 0.29) is 11.3 Å². The van der Waals surface area contributed by atoms with Crippen LogP contribution in [-0.2, 0) is 0 Å². The average molecular weight is 292 g/mol. The molecule has 0 spiro atoms. The zero-order valence-electron chi connectivity index (χ0n) is 12.6. The molecule has 1 aliphatic rings. The maximum Gasteiger partial charge on any atom is 0.337 e. The lowest BCUT2D eigenvalue weighted by Crippen LogP contribution is -2.41. The van der Waals surface area contributed by atoms with Crippen LogP contribution in [0.2, 0.25) is 0 Å². The van der Waals surface area contributed by atoms with Crippen LogP contribution in [-0.4, -0.2) is 28.3 Å². The van der Waals surface area contributed by atoms with E-state index in [0.717, 1.165) is 31.2 Å². The largest absolute Gasteiger partial charge is 0.478 e. The molecule has 5 heteroatoms. The number of aliphatic hydroxyl groups is 1. The van der Waals surface area contributed by atoms with Crippen LogP contribution in [0.25, 0.3) is 0 Å². The van der Waals surface area contributed by atoms with Gasteiger partial charge in [-0.3, -0.25) is 0 Å². The summed E-state index contributed by atoms with van der Waals surface area (Å²) in [6.07, 6.45) is 3.75. The Kier molecular flexibility index (Phi) is 4.42. The van der Waals surface area contributed by atoms with Gasteiger partial charge in [-0.15, -0.1) is 0 Å². The molecule has 0 amide bonds. The van der Waals surface area contributed by atoms with Crippen LogP contribution in [0, 0.1) is 12.8 Å². The van der Waals surface area contributed by atoms with Gasteiger partial charge in [0.25, 0.3) is 0 Å². The van der Waals surface area contributed by atoms with Crippen molar-refractivity contribution < 1.29 is 15.0 Å². The van der Waals surface area contributed by atoms with Crippen LogP contribution in [0.1, 0.15) is 48.5 Å². The van der Waals surface area contributed by atoms with Crippen LogP contribution in [0.5, 0.6) is 0 Å². The first-order valence-corrected chi connectivity index (χ1v) is 7.40. The molecule has 1 fully saturated rings. The predicted octanol–water partition coefficient (Wildman–Crippen LogP) is 2.63. The van der Waals surface area contributed by atoms with E-state index in [9.17, 15) is 9.90 Å². The summed E-state index contributed by atoms with van der Waals surface area (Å²) < 4.78 is 0. The third kappa shape index (κ3) is 3.67. The highest BCUT2D eigenvalue weighted by molar-refractivity contribution is 5.95. The van der Waals surface area contributed by atoms with Gasteiger partial charge >= 0.3 is 5.97 Å². The Morgan fingerprint density at radius 3 is 2.86 bits per heavy atom. The van der Waals surface area contributed by atoms with Gasteiger partial charge in [-0.05, 0) is 43.4 Å². The van der Waals surface area contributed by atoms with Crippen molar-refractivity contribution in [3.05, 3.63) is 23.3 Å². The number of carboxylic acids is 1. The third-order valence-corrected chi connectivity index (χ3v) is 4.31. The summed E-state index contributed by atoms with van der Waals surface area (Å²) in [5.41, 5.74) is 6.86. The zero-order valence-corrected chi connectivity index (χ0v) is 12.6. The SMILES string of the molecule is Cc1cc(NCC2(O)CCCC(C)C2)cc(C(=O)O)c1N. The van der Waals surface area contributed by atoms with Crippen molar-refractivity contribution in [2.24, 2.45) is 5.92 Å². The average Bonchev–Trinajstić information content (AvgIpc) is 2.39. The Labute approximate surface area is 125 Å². The van der Waals surface area contributed by atoms with E-state index in [4.69, 9.17) is 10.8 Å². The third-order valence-electron chi connectivity index (χ3n) is 4.31. The van der Waals surface area contributed by atoms with Gasteiger partial charge in [0, 0.05) is 17.9 Å². The monoisotopic (exact) mass is 292 g/mol. The molecule has 116 valence electrons. The van der Waals surface area contributed by atoms with Gasteiger partial charge in [0.1, 0.15) is 0 Å². The lowest BCUT2D eigenvalue weighted by Gasteiger charge is -2.36. The van der Waals surface area contributed by atoms with E-state index in [1.165, 1.54) is 6.07 Å². The van der Waals surface area contributed by atoms with Crippen LogP contribution in [0.3, 0.4) is 0 Å². The van der Waals surface area contributed by atoms with Crippen molar-refractivity contribution in [3.63, 3.8) is 0 Å². The predicted molar refractivity (Wildman–Crippen MR) is 83.6 cm³/mol. The van der Waals surface area contributed by atoms with Crippen molar-refractivity contribution in [2.75, 3.05) is 17.6 Å². The molecule has 2 unspecified atom stereocenters. The minimum absolute atomic E-state index is 0.0986. The number of hydrogen-bond donors (Lipinski definition) is 4. The van der Waals surface area contributed by atoms with Crippen LogP contribution < -0.4 is 11.1 Å². The van der Waals surface area contributed by atoms with Crippen molar-refractivity contribution in [3.8, 4) is 0 Å². The minimum atomic E-state index is -1.04. The molecule has 1 saturated carbocycles. The summed E-state index contributed by atoms with van der Waals surface area (Å²) in [4.78, 5) is 11.2. The number of nitrogens with two attached hydrogens (primary N) is 1. The van der Waals surface area contributed by atoms with Crippen LogP contribution in [0.15, 0.2) is 12.1 Å². The Bertz CT molecular complexity index is 545. The molecule has 5 nitrogen and oxygen atoms in total. The van der Waals surface area contributed by atoms with Gasteiger partial charge in [0.2, 0.25) is 0 Å². The van der Waals surface area contributed by atoms with Crippen molar-refractivity contribution in [1.29, 1.82) is 0 Å². The lowest BCUT2D eigenvalue weighted by atomic mass is 9.79. The van der Waals surface area contributed by atoms with Gasteiger partial charge in [-0.25, -0.2) is 4.79 Å². The second-order valence-corrected chi connectivity index (χ2v) is 6.34. The van der Waals surface area contributed by atoms with Crippen LogP contribution >= 0.6 is 0 Å². The lowest BCUT2D eigenvalue weighted by molar-refractivity contribution is -0.000764. The highest BCUT2D eigenvalue weighted by atomic mass is 16.4. The van der Waals surface area contributed by atoms with E-state index in [1.54, 1.807) is 6.92 Å². The number of carboxylic acid groups (broad SMARTS) is 1. The number of benzene rings is 1. The standard InChI is InChI=1S/C16H24N2O3/c1-10-4-3-5-16(21,8-10)9-18-12-6-11(2)14(17)13(7-12)15(19)20/h6-7,10,18,21H,3-5,8-9,17H2,1-2H3,(H,19,20). The number of carbonyl (C=O) groups is 1. The molecule has 21 heavy (non-hydrogen) atoms. The molecule has 2 atom stereocenters. The van der Waals surface area contributed by atoms with E-state index in [0.29, 0.717) is 18.2 Å². The van der Waals surface area contributed by atoms with E-state index < -0.39 is 11.6 Å². The van der Waals surface area contributed by atoms with Crippen molar-refractivity contribution in [1.82, 2.24) is 0 Å². The molecule has 1 aliphatic carbocycles. The highest BCUT2D eigenvalue weighted by Gasteiger charge is 2.32. The van der Waals surface area contributed by atoms with E-state index in [2.05, 4.69) is 12.2 Å². The molecule has 5 N–H and O–H groups in total. The fraction of sp³-hybridized carbons (Fsp3) is 0.562. The Balaban J connectivity index is 2.11. The molecule has 2 rings (SSSR count). The Morgan fingerprint density at radius 2 is 2.24 bits per heavy atom. The molecule has 0 heterocycles. The Hall–Kier alpha value is -1.75. The van der Waals surface area contributed by atoms with Crippen molar-refractivity contribution in [2.45, 2.75) is 45.1 Å². The summed E-state index contributed by atoms with van der Waals surface area (Å²) in [5, 5.41) is 22.9. The number of nitrogens with one attached hydrogen (secondary N) is 1. The number of nitrogen functional groups attached to an aromatic ring is 1. The molecular weight excluding hydrogens is 268 g/mol. The number of aromatic carboxylic acids is 1. The number of rotatable bonds is 4. The summed E-state index contributed by atoms with van der Waals surface area (Å²) in [6.45, 7) is 4.37. The second kappa shape index (κ2) is 5.93. The fourth-order valence-corrected chi connectivity index (χ4v) is 3.14. The Morgan fingerprint density at radius 1 is 1.52 bits per heavy atom. The summed E-state index contributed by atoms with van der Waals surface area (Å²) in [6, 6.07) is 3.34. The first kappa shape index (κ1) is 15.6. The maximum absolute atomic E-state index is 11.2. The zero-order chi connectivity index (χ0) is 15.6. The molecule has 0 aliphatic heterocycles. The molecule has 0 saturated heterocycles. The van der Waals surface area contributed by atoms with Crippen molar-refractivity contribution >= 4 is 17.3 Å². The molecule has 0 radical (unpaired) electrons. The quantitative estimate of drug-likeness (QED) is 0.640. The minimum Gasteiger partial charge on any atom is -0.478 e. The van der Waals surface area contributed by atoms with Gasteiger partial charge < -0.3 is 21.3 Å². The van der Waals surface area contributed by atoms with Gasteiger partial charge in [-0.2, -0.15) is 0 Å². The molecule has 1 aromatic rings. The van der Waals surface area contributed by atoms with E-state index in [1.807, 2.05) is 6.07 Å². The second-order valence-electron chi connectivity index (χ2n) is 6.34. The number of anilines is 2. The van der Waals surface area contributed by atoms with Gasteiger partial charge in [0.05, 0.1) is 11.2 Å². The van der Waals surface area contributed by atoms with Gasteiger partial charge in [-0.1, -0.05) is 19.8 Å². The highest BCUT2D eigenvalue weighted by Crippen LogP contribution is 2.32. The number of aryl methyl sites for hydroxylation is 1. The maximum atomic E-state index is 11.2. The first-order chi connectivity index (χ1) is 9.81. The van der Waals surface area contributed by atoms with Gasteiger partial charge in [0.15, 0.2) is 0 Å². The first-order valence-electron chi connectivity index (χ1n) is 7.40. The molecule has 0 aromatic heterocycles. The topological polar surface area (TPSA) is 95.6 Å². The number of hydrogen-bond acceptors (Lipinski definition) is 4. The smallest absolute Gasteiger partial charge is 0.337 e. The van der Waals surface area contributed by atoms with E-state index >= 15 is 0 Å². The normalized spacial score (nSPS) is 25.6. The molecule has 1 aromatic carbocycles. The van der Waals surface area contributed by atoms with Crippen LogP contribution in [0.4, 0.5) is 11.4 Å².